The Kier molecular flexibility index (Phi) is 6.66. The predicted octanol–water partition coefficient (Wildman–Crippen LogP) is 4.87. The van der Waals surface area contributed by atoms with Gasteiger partial charge in [-0.05, 0) is 24.3 Å². The number of nitrogens with zero attached hydrogens (tertiary/aromatic N) is 4. The summed E-state index contributed by atoms with van der Waals surface area (Å²) in [5.74, 6) is -0.994. The molecule has 7 nitrogen and oxygen atoms in total. The van der Waals surface area contributed by atoms with Crippen LogP contribution in [0.5, 0.6) is 11.8 Å². The van der Waals surface area contributed by atoms with Crippen LogP contribution in [0.1, 0.15) is 21.5 Å². The molecule has 0 aliphatic rings. The summed E-state index contributed by atoms with van der Waals surface area (Å²) in [5, 5.41) is 7.62. The largest absolute Gasteiger partial charge is 0.480 e. The van der Waals surface area contributed by atoms with Crippen molar-refractivity contribution in [3.63, 3.8) is 0 Å². The van der Waals surface area contributed by atoms with Crippen LogP contribution in [-0.4, -0.2) is 42.4 Å². The third kappa shape index (κ3) is 5.02. The highest BCUT2D eigenvalue weighted by Gasteiger charge is 2.38. The summed E-state index contributed by atoms with van der Waals surface area (Å²) in [4.78, 5) is 17.8. The predicted molar refractivity (Wildman–Crippen MR) is 108 cm³/mol. The summed E-state index contributed by atoms with van der Waals surface area (Å²) in [6.07, 6.45) is -7.60. The van der Waals surface area contributed by atoms with Gasteiger partial charge in [-0.15, -0.1) is 10.2 Å². The van der Waals surface area contributed by atoms with E-state index in [0.717, 1.165) is 4.90 Å². The number of anilines is 1. The maximum Gasteiger partial charge on any atom is 0.416 e. The van der Waals surface area contributed by atoms with Crippen molar-refractivity contribution in [2.75, 3.05) is 26.2 Å². The minimum atomic E-state index is -5.10. The van der Waals surface area contributed by atoms with Crippen LogP contribution in [0.15, 0.2) is 42.7 Å². The number of pyridine rings is 1. The smallest absolute Gasteiger partial charge is 0.416 e. The van der Waals surface area contributed by atoms with Crippen molar-refractivity contribution in [1.82, 2.24) is 15.2 Å². The summed E-state index contributed by atoms with van der Waals surface area (Å²) >= 11 is 0. The molecule has 180 valence electrons. The second-order valence-electron chi connectivity index (χ2n) is 6.86. The lowest BCUT2D eigenvalue weighted by Crippen LogP contribution is -2.28. The van der Waals surface area contributed by atoms with Crippen molar-refractivity contribution in [1.29, 1.82) is 0 Å². The number of rotatable bonds is 5. The highest BCUT2D eigenvalue weighted by Crippen LogP contribution is 2.39. The molecular formula is C21H16F6N4O3. The molecule has 1 amide bonds. The Bertz CT molecular complexity index is 1180. The molecule has 0 saturated carbocycles. The van der Waals surface area contributed by atoms with Crippen molar-refractivity contribution >= 4 is 11.6 Å². The van der Waals surface area contributed by atoms with Gasteiger partial charge in [0.2, 0.25) is 11.8 Å². The van der Waals surface area contributed by atoms with Crippen LogP contribution < -0.4 is 14.4 Å². The third-order valence-corrected chi connectivity index (χ3v) is 4.73. The Morgan fingerprint density at radius 2 is 1.50 bits per heavy atom. The van der Waals surface area contributed by atoms with Crippen LogP contribution in [-0.2, 0) is 12.4 Å². The van der Waals surface area contributed by atoms with Crippen LogP contribution in [0.4, 0.5) is 32.0 Å². The molecular weight excluding hydrogens is 470 g/mol. The van der Waals surface area contributed by atoms with E-state index in [1.807, 2.05) is 0 Å². The Morgan fingerprint density at radius 3 is 2.03 bits per heavy atom. The van der Waals surface area contributed by atoms with Gasteiger partial charge in [-0.25, -0.2) is 0 Å². The molecule has 0 aliphatic carbocycles. The number of methoxy groups -OCH3 is 2. The van der Waals surface area contributed by atoms with Gasteiger partial charge in [-0.3, -0.25) is 9.78 Å². The van der Waals surface area contributed by atoms with Gasteiger partial charge < -0.3 is 14.4 Å². The third-order valence-electron chi connectivity index (χ3n) is 4.73. The molecule has 13 heteroatoms. The van der Waals surface area contributed by atoms with E-state index < -0.39 is 35.0 Å². The minimum Gasteiger partial charge on any atom is -0.480 e. The number of carbonyl (C=O) groups is 1. The summed E-state index contributed by atoms with van der Waals surface area (Å²) in [7, 11) is 3.85. The molecule has 34 heavy (non-hydrogen) atoms. The molecule has 0 bridgehead atoms. The maximum absolute atomic E-state index is 13.2. The minimum absolute atomic E-state index is 0.0347. The Hall–Kier alpha value is -3.90. The van der Waals surface area contributed by atoms with Crippen LogP contribution in [0.25, 0.3) is 11.1 Å². The van der Waals surface area contributed by atoms with Crippen molar-refractivity contribution in [3.8, 4) is 22.9 Å². The fourth-order valence-corrected chi connectivity index (χ4v) is 3.07. The van der Waals surface area contributed by atoms with E-state index in [2.05, 4.69) is 15.2 Å². The van der Waals surface area contributed by atoms with Gasteiger partial charge in [-0.2, -0.15) is 26.3 Å². The van der Waals surface area contributed by atoms with Crippen molar-refractivity contribution in [2.24, 2.45) is 0 Å². The molecule has 0 atom stereocenters. The highest BCUT2D eigenvalue weighted by atomic mass is 19.4. The molecule has 0 N–H and O–H groups in total. The first-order valence-electron chi connectivity index (χ1n) is 9.34. The zero-order chi connectivity index (χ0) is 25.3. The standard InChI is InChI=1S/C21H16F6N4O3/c1-31(19(32)11-6-12(20(22,23)24)8-13(7-11)21(25,26)27)16-10-28-5-4-14(16)15-9-17(33-2)29-30-18(15)34-3/h4-10H,1-3H3. The SMILES string of the molecule is COc1cc(-c2ccncc2N(C)C(=O)c2cc(C(F)(F)F)cc(C(F)(F)F)c2)c(OC)nn1. The number of halogens is 6. The van der Waals surface area contributed by atoms with Crippen LogP contribution >= 0.6 is 0 Å². The molecule has 2 heterocycles. The molecule has 0 aliphatic heterocycles. The monoisotopic (exact) mass is 486 g/mol. The van der Waals surface area contributed by atoms with Gasteiger partial charge in [0.15, 0.2) is 0 Å². The van der Waals surface area contributed by atoms with Gasteiger partial charge >= 0.3 is 12.4 Å². The van der Waals surface area contributed by atoms with Crippen molar-refractivity contribution in [3.05, 3.63) is 59.4 Å². The van der Waals surface area contributed by atoms with Crippen molar-refractivity contribution in [2.45, 2.75) is 12.4 Å². The van der Waals surface area contributed by atoms with Gasteiger partial charge in [0.25, 0.3) is 5.91 Å². The van der Waals surface area contributed by atoms with E-state index >= 15 is 0 Å². The summed E-state index contributed by atoms with van der Waals surface area (Å²) in [6, 6.07) is 3.58. The van der Waals surface area contributed by atoms with E-state index in [4.69, 9.17) is 9.47 Å². The molecule has 0 spiro atoms. The van der Waals surface area contributed by atoms with Crippen molar-refractivity contribution < 1.29 is 40.6 Å². The first kappa shape index (κ1) is 24.7. The zero-order valence-electron chi connectivity index (χ0n) is 17.8. The Morgan fingerprint density at radius 1 is 0.882 bits per heavy atom. The molecule has 0 radical (unpaired) electrons. The van der Waals surface area contributed by atoms with Gasteiger partial charge in [0.1, 0.15) is 0 Å². The lowest BCUT2D eigenvalue weighted by Gasteiger charge is -2.22. The Labute approximate surface area is 189 Å². The van der Waals surface area contributed by atoms with Gasteiger partial charge in [0, 0.05) is 30.4 Å². The number of hydrogen-bond donors (Lipinski definition) is 0. The molecule has 2 aromatic heterocycles. The lowest BCUT2D eigenvalue weighted by atomic mass is 10.0. The Balaban J connectivity index is 2.13. The molecule has 0 unspecified atom stereocenters. The second-order valence-corrected chi connectivity index (χ2v) is 6.86. The lowest BCUT2D eigenvalue weighted by molar-refractivity contribution is -0.143. The number of amides is 1. The summed E-state index contributed by atoms with van der Waals surface area (Å²) in [6.45, 7) is 0. The number of carbonyl (C=O) groups excluding carboxylic acids is 1. The topological polar surface area (TPSA) is 77.4 Å². The quantitative estimate of drug-likeness (QED) is 0.479. The van der Waals surface area contributed by atoms with Crippen LogP contribution in [0, 0.1) is 0 Å². The summed E-state index contributed by atoms with van der Waals surface area (Å²) < 4.78 is 89.6. The number of alkyl halides is 6. The molecule has 3 aromatic rings. The average molecular weight is 486 g/mol. The molecule has 0 saturated heterocycles. The average Bonchev–Trinajstić information content (AvgIpc) is 2.81. The van der Waals surface area contributed by atoms with Gasteiger partial charge in [-0.1, -0.05) is 0 Å². The highest BCUT2D eigenvalue weighted by molar-refractivity contribution is 6.08. The summed E-state index contributed by atoms with van der Waals surface area (Å²) in [5.41, 5.74) is -3.36. The zero-order valence-corrected chi connectivity index (χ0v) is 17.8. The fraction of sp³-hybridized carbons (Fsp3) is 0.238. The first-order valence-corrected chi connectivity index (χ1v) is 9.34. The number of ether oxygens (including phenoxy) is 2. The van der Waals surface area contributed by atoms with E-state index in [9.17, 15) is 31.1 Å². The number of aromatic nitrogens is 3. The fourth-order valence-electron chi connectivity index (χ4n) is 3.07. The van der Waals surface area contributed by atoms with E-state index in [0.29, 0.717) is 23.3 Å². The van der Waals surface area contributed by atoms with E-state index in [1.165, 1.54) is 45.8 Å². The van der Waals surface area contributed by atoms with Crippen LogP contribution in [0.3, 0.4) is 0 Å². The molecule has 1 aromatic carbocycles. The molecule has 3 rings (SSSR count). The molecule has 0 fully saturated rings. The first-order chi connectivity index (χ1) is 15.9. The van der Waals surface area contributed by atoms with Crippen LogP contribution in [0.2, 0.25) is 0 Å². The number of hydrogen-bond acceptors (Lipinski definition) is 6. The van der Waals surface area contributed by atoms with E-state index in [-0.39, 0.29) is 23.5 Å². The maximum atomic E-state index is 13.2. The normalized spacial score (nSPS) is 11.8. The second kappa shape index (κ2) is 9.15. The van der Waals surface area contributed by atoms with Gasteiger partial charge in [0.05, 0.1) is 42.8 Å². The van der Waals surface area contributed by atoms with E-state index in [1.54, 1.807) is 0 Å². The number of benzene rings is 1.